The average molecular weight is 652 g/mol. The molecule has 0 saturated carbocycles. The number of hydrogen-bond acceptors (Lipinski definition) is 9. The van der Waals surface area contributed by atoms with Gasteiger partial charge in [-0.25, -0.2) is 13.2 Å². The Morgan fingerprint density at radius 3 is 2.80 bits per heavy atom. The van der Waals surface area contributed by atoms with E-state index in [-0.39, 0.29) is 72.6 Å². The predicted molar refractivity (Wildman–Crippen MR) is 169 cm³/mol. The summed E-state index contributed by atoms with van der Waals surface area (Å²) in [5.74, 6) is -0.759. The quantitative estimate of drug-likeness (QED) is 0.259. The van der Waals surface area contributed by atoms with Crippen LogP contribution in [0.25, 0.3) is 32.1 Å². The second-order valence-electron chi connectivity index (χ2n) is 12.6. The molecule has 3 N–H and O–H groups in total. The van der Waals surface area contributed by atoms with Crippen LogP contribution < -0.4 is 20.7 Å². The second kappa shape index (κ2) is 10.7. The van der Waals surface area contributed by atoms with Gasteiger partial charge in [0.1, 0.15) is 34.8 Å². The summed E-state index contributed by atoms with van der Waals surface area (Å²) in [6, 6.07) is 6.91. The van der Waals surface area contributed by atoms with Crippen molar-refractivity contribution in [1.82, 2.24) is 20.2 Å². The number of nitrogens with one attached hydrogen (secondary N) is 1. The molecule has 8 nitrogen and oxygen atoms in total. The smallest absolute Gasteiger partial charge is 0.319 e. The minimum atomic E-state index is -0.727. The summed E-state index contributed by atoms with van der Waals surface area (Å²) in [6.07, 6.45) is 5.17. The van der Waals surface area contributed by atoms with Crippen molar-refractivity contribution in [1.29, 1.82) is 5.26 Å². The number of piperazine rings is 1. The fourth-order valence-electron chi connectivity index (χ4n) is 7.84. The molecule has 0 radical (unpaired) electrons. The van der Waals surface area contributed by atoms with Crippen molar-refractivity contribution in [3.8, 4) is 23.2 Å². The minimum Gasteiger partial charge on any atom is -0.461 e. The highest BCUT2D eigenvalue weighted by atomic mass is 35.5. The maximum absolute atomic E-state index is 16.9. The number of nitrogens with zero attached hydrogens (tertiary/aromatic N) is 5. The van der Waals surface area contributed by atoms with Crippen LogP contribution in [0, 0.1) is 23.0 Å². The fourth-order valence-corrected chi connectivity index (χ4v) is 9.09. The maximum Gasteiger partial charge on any atom is 0.319 e. The number of halogens is 4. The summed E-state index contributed by atoms with van der Waals surface area (Å²) >= 11 is 7.77. The first-order valence-electron chi connectivity index (χ1n) is 15.1. The Morgan fingerprint density at radius 2 is 2.04 bits per heavy atom. The lowest BCUT2D eigenvalue weighted by Gasteiger charge is -2.34. The summed E-state index contributed by atoms with van der Waals surface area (Å²) in [7, 11) is 0. The van der Waals surface area contributed by atoms with Gasteiger partial charge < -0.3 is 20.7 Å². The molecule has 4 aliphatic heterocycles. The molecular formula is C32H29ClF3N7OS. The molecule has 45 heavy (non-hydrogen) atoms. The highest BCUT2D eigenvalue weighted by Crippen LogP contribution is 2.46. The van der Waals surface area contributed by atoms with Crippen LogP contribution in [0.15, 0.2) is 30.1 Å². The van der Waals surface area contributed by atoms with Crippen LogP contribution in [-0.2, 0) is 0 Å². The lowest BCUT2D eigenvalue weighted by atomic mass is 9.94. The van der Waals surface area contributed by atoms with Gasteiger partial charge >= 0.3 is 6.01 Å². The van der Waals surface area contributed by atoms with E-state index >= 15 is 4.39 Å². The summed E-state index contributed by atoms with van der Waals surface area (Å²) in [6.45, 7) is 3.03. The van der Waals surface area contributed by atoms with Gasteiger partial charge in [-0.05, 0) is 61.9 Å². The zero-order valence-electron chi connectivity index (χ0n) is 24.2. The first-order valence-corrected chi connectivity index (χ1v) is 16.3. The van der Waals surface area contributed by atoms with E-state index in [9.17, 15) is 14.0 Å². The molecule has 2 bridgehead atoms. The Labute approximate surface area is 266 Å². The van der Waals surface area contributed by atoms with Crippen molar-refractivity contribution < 1.29 is 17.9 Å². The number of nitrogens with two attached hydrogens (primary N) is 1. The monoisotopic (exact) mass is 651 g/mol. The Kier molecular flexibility index (Phi) is 6.87. The molecule has 0 amide bonds. The second-order valence-corrected chi connectivity index (χ2v) is 14.0. The Hall–Kier alpha value is -3.63. The van der Waals surface area contributed by atoms with E-state index in [4.69, 9.17) is 27.1 Å². The predicted octanol–water partition coefficient (Wildman–Crippen LogP) is 6.31. The SMILES string of the molecule is N#Cc1c(N)sc2c(F)ccc(-c3c(Cl)cc4c(N5CC6CCC(C5)N6)nc(OCC56CCCN5C/C(=C\F)C6)nc4c3F)c12. The Bertz CT molecular complexity index is 1950. The molecule has 6 heterocycles. The third kappa shape index (κ3) is 4.54. The molecule has 4 saturated heterocycles. The summed E-state index contributed by atoms with van der Waals surface area (Å²) < 4.78 is 51.7. The standard InChI is InChI=1S/C32H29ClF3N7OS/c33-22-8-20-27(26(36)25(22)19-4-5-23(35)28-24(19)21(11-37)29(38)45-28)40-31(41-30(20)42-13-17-2-3-18(14-42)39-17)44-15-32-6-1-7-43(32)12-16(9-32)10-34/h4-5,8,10,17-18,39H,1-3,6-7,9,12-15,38H2/b16-10-. The number of benzene rings is 2. The van der Waals surface area contributed by atoms with Gasteiger partial charge in [-0.15, -0.1) is 11.3 Å². The molecule has 0 aliphatic carbocycles. The summed E-state index contributed by atoms with van der Waals surface area (Å²) in [5.41, 5.74) is 6.76. The van der Waals surface area contributed by atoms with Crippen LogP contribution in [0.3, 0.4) is 0 Å². The van der Waals surface area contributed by atoms with Gasteiger partial charge in [0.15, 0.2) is 5.82 Å². The number of ether oxygens (including phenoxy) is 1. The van der Waals surface area contributed by atoms with E-state index in [2.05, 4.69) is 20.1 Å². The highest BCUT2D eigenvalue weighted by Gasteiger charge is 2.47. The molecule has 3 unspecified atom stereocenters. The first kappa shape index (κ1) is 28.8. The molecule has 0 spiro atoms. The van der Waals surface area contributed by atoms with Crippen LogP contribution >= 0.6 is 22.9 Å². The number of rotatable bonds is 5. The van der Waals surface area contributed by atoms with Gasteiger partial charge in [0, 0.05) is 48.1 Å². The van der Waals surface area contributed by atoms with Crippen molar-refractivity contribution in [2.75, 3.05) is 43.4 Å². The maximum atomic E-state index is 16.9. The van der Waals surface area contributed by atoms with Crippen LogP contribution in [0.1, 0.15) is 37.7 Å². The van der Waals surface area contributed by atoms with Gasteiger partial charge in [-0.3, -0.25) is 4.90 Å². The van der Waals surface area contributed by atoms with Crippen molar-refractivity contribution in [2.24, 2.45) is 0 Å². The number of hydrogen-bond donors (Lipinski definition) is 2. The normalized spacial score (nSPS) is 25.5. The highest BCUT2D eigenvalue weighted by molar-refractivity contribution is 7.23. The zero-order chi connectivity index (χ0) is 31.0. The molecule has 232 valence electrons. The molecule has 4 fully saturated rings. The van der Waals surface area contributed by atoms with E-state index in [1.165, 1.54) is 12.1 Å². The van der Waals surface area contributed by atoms with Gasteiger partial charge in [-0.2, -0.15) is 15.2 Å². The number of thiophene rings is 1. The summed E-state index contributed by atoms with van der Waals surface area (Å²) in [4.78, 5) is 13.8. The minimum absolute atomic E-state index is 0.00599. The third-order valence-corrected chi connectivity index (χ3v) is 11.2. The van der Waals surface area contributed by atoms with Gasteiger partial charge in [0.2, 0.25) is 0 Å². The molecule has 4 aliphatic rings. The van der Waals surface area contributed by atoms with E-state index < -0.39 is 11.6 Å². The number of aromatic nitrogens is 2. The average Bonchev–Trinajstić information content (AvgIpc) is 3.77. The first-order chi connectivity index (χ1) is 21.8. The van der Waals surface area contributed by atoms with Crippen molar-refractivity contribution in [3.05, 3.63) is 52.3 Å². The van der Waals surface area contributed by atoms with Crippen LogP contribution in [0.4, 0.5) is 24.0 Å². The zero-order valence-corrected chi connectivity index (χ0v) is 25.7. The van der Waals surface area contributed by atoms with Crippen LogP contribution in [0.5, 0.6) is 6.01 Å². The van der Waals surface area contributed by atoms with Gasteiger partial charge in [-0.1, -0.05) is 17.7 Å². The Balaban J connectivity index is 1.28. The van der Waals surface area contributed by atoms with E-state index in [0.29, 0.717) is 43.6 Å². The molecule has 2 aromatic carbocycles. The number of anilines is 2. The topological polar surface area (TPSA) is 103 Å². The fraction of sp³-hybridized carbons (Fsp3) is 0.406. The molecule has 2 aromatic heterocycles. The molecule has 8 rings (SSSR count). The van der Waals surface area contributed by atoms with Crippen LogP contribution in [0.2, 0.25) is 5.02 Å². The molecule has 4 aromatic rings. The lowest BCUT2D eigenvalue weighted by molar-refractivity contribution is 0.108. The molecule has 3 atom stereocenters. The number of nitriles is 1. The van der Waals surface area contributed by atoms with Gasteiger partial charge in [0.05, 0.1) is 27.2 Å². The number of fused-ring (bicyclic) bond motifs is 5. The van der Waals surface area contributed by atoms with Crippen molar-refractivity contribution in [3.63, 3.8) is 0 Å². The largest absolute Gasteiger partial charge is 0.461 e. The van der Waals surface area contributed by atoms with Crippen molar-refractivity contribution in [2.45, 2.75) is 49.7 Å². The lowest BCUT2D eigenvalue weighted by Crippen LogP contribution is -2.51. The summed E-state index contributed by atoms with van der Waals surface area (Å²) in [5, 5.41) is 14.3. The van der Waals surface area contributed by atoms with Crippen LogP contribution in [-0.4, -0.2) is 65.3 Å². The molecule has 13 heteroatoms. The number of nitrogen functional groups attached to an aromatic ring is 1. The third-order valence-electron chi connectivity index (χ3n) is 9.87. The molecular weight excluding hydrogens is 623 g/mol. The van der Waals surface area contributed by atoms with E-state index in [0.717, 1.165) is 49.1 Å². The Morgan fingerprint density at radius 1 is 1.24 bits per heavy atom. The van der Waals surface area contributed by atoms with Crippen molar-refractivity contribution >= 4 is 54.7 Å². The van der Waals surface area contributed by atoms with E-state index in [1.807, 2.05) is 6.07 Å². The van der Waals surface area contributed by atoms with Gasteiger partial charge in [0.25, 0.3) is 0 Å². The van der Waals surface area contributed by atoms with E-state index in [1.54, 1.807) is 6.07 Å².